The van der Waals surface area contributed by atoms with Crippen LogP contribution in [0.5, 0.6) is 0 Å². The summed E-state index contributed by atoms with van der Waals surface area (Å²) in [6, 6.07) is 0. The van der Waals surface area contributed by atoms with Crippen LogP contribution in [0.2, 0.25) is 0 Å². The SMILES string of the molecule is NCCNCCN.O=P(O)(O)CCCCP(=O)(O)O. The molecule has 0 bridgehead atoms. The zero-order chi connectivity index (χ0) is 15.4. The maximum Gasteiger partial charge on any atom is 0.325 e. The summed E-state index contributed by atoms with van der Waals surface area (Å²) in [5.41, 5.74) is 10.3. The molecule has 0 aromatic carbocycles. The number of nitrogens with one attached hydrogen (secondary N) is 1. The number of nitrogens with two attached hydrogens (primary N) is 2. The minimum absolute atomic E-state index is 0.134. The molecule has 0 heterocycles. The molecule has 0 fully saturated rings. The molecular weight excluding hydrogens is 296 g/mol. The number of hydrogen-bond donors (Lipinski definition) is 7. The van der Waals surface area contributed by atoms with Crippen molar-refractivity contribution in [2.75, 3.05) is 38.5 Å². The van der Waals surface area contributed by atoms with Gasteiger partial charge in [-0.3, -0.25) is 9.13 Å². The zero-order valence-electron chi connectivity index (χ0n) is 10.8. The van der Waals surface area contributed by atoms with E-state index in [-0.39, 0.29) is 25.2 Å². The summed E-state index contributed by atoms with van der Waals surface area (Å²) in [5, 5.41) is 3.03. The predicted molar refractivity (Wildman–Crippen MR) is 74.0 cm³/mol. The fourth-order valence-electron chi connectivity index (χ4n) is 0.965. The van der Waals surface area contributed by atoms with E-state index in [1.807, 2.05) is 0 Å². The molecule has 11 heteroatoms. The summed E-state index contributed by atoms with van der Waals surface area (Å²) < 4.78 is 20.5. The molecule has 0 saturated carbocycles. The van der Waals surface area contributed by atoms with Crippen LogP contribution >= 0.6 is 15.2 Å². The van der Waals surface area contributed by atoms with Crippen LogP contribution in [-0.4, -0.2) is 58.1 Å². The summed E-state index contributed by atoms with van der Waals surface area (Å²) in [5.74, 6) is 0. The Morgan fingerprint density at radius 3 is 1.32 bits per heavy atom. The third-order valence-electron chi connectivity index (χ3n) is 1.79. The normalized spacial score (nSPS) is 11.9. The highest BCUT2D eigenvalue weighted by Gasteiger charge is 2.15. The largest absolute Gasteiger partial charge is 0.329 e. The average molecular weight is 321 g/mol. The van der Waals surface area contributed by atoms with Crippen LogP contribution in [0.3, 0.4) is 0 Å². The van der Waals surface area contributed by atoms with Gasteiger partial charge in [0.25, 0.3) is 0 Å². The van der Waals surface area contributed by atoms with E-state index in [0.717, 1.165) is 13.1 Å². The molecule has 0 aromatic rings. The van der Waals surface area contributed by atoms with Gasteiger partial charge in [0.1, 0.15) is 0 Å². The Balaban J connectivity index is 0. The van der Waals surface area contributed by atoms with E-state index in [0.29, 0.717) is 13.1 Å². The van der Waals surface area contributed by atoms with Gasteiger partial charge in [-0.2, -0.15) is 0 Å². The number of hydrogen-bond acceptors (Lipinski definition) is 5. The minimum Gasteiger partial charge on any atom is -0.329 e. The first-order chi connectivity index (χ1) is 8.62. The molecule has 0 aliphatic rings. The second-order valence-corrected chi connectivity index (χ2v) is 7.36. The molecule has 9 N–H and O–H groups in total. The molecular formula is C8H25N3O6P2. The lowest BCUT2D eigenvalue weighted by molar-refractivity contribution is 0.364. The van der Waals surface area contributed by atoms with Crippen molar-refractivity contribution in [2.45, 2.75) is 12.8 Å². The van der Waals surface area contributed by atoms with Crippen LogP contribution in [0.25, 0.3) is 0 Å². The molecule has 0 amide bonds. The Hall–Kier alpha value is 0.180. The molecule has 0 radical (unpaired) electrons. The molecule has 0 atom stereocenters. The quantitative estimate of drug-likeness (QED) is 0.199. The first kappa shape index (κ1) is 21.5. The van der Waals surface area contributed by atoms with Crippen LogP contribution in [-0.2, 0) is 9.13 Å². The average Bonchev–Trinajstić information content (AvgIpc) is 2.24. The molecule has 118 valence electrons. The van der Waals surface area contributed by atoms with E-state index in [1.54, 1.807) is 0 Å². The van der Waals surface area contributed by atoms with E-state index >= 15 is 0 Å². The van der Waals surface area contributed by atoms with Gasteiger partial charge in [-0.1, -0.05) is 0 Å². The van der Waals surface area contributed by atoms with Crippen LogP contribution in [0.1, 0.15) is 12.8 Å². The maximum atomic E-state index is 10.3. The molecule has 9 nitrogen and oxygen atoms in total. The van der Waals surface area contributed by atoms with Crippen LogP contribution < -0.4 is 16.8 Å². The Bertz CT molecular complexity index is 264. The molecule has 0 unspecified atom stereocenters. The molecule has 0 rings (SSSR count). The first-order valence-electron chi connectivity index (χ1n) is 5.82. The lowest BCUT2D eigenvalue weighted by atomic mass is 10.4. The van der Waals surface area contributed by atoms with Crippen molar-refractivity contribution in [1.29, 1.82) is 0 Å². The molecule has 0 aliphatic carbocycles. The predicted octanol–water partition coefficient (Wildman–Crippen LogP) is -1.38. The number of rotatable bonds is 9. The minimum atomic E-state index is -4.00. The van der Waals surface area contributed by atoms with Gasteiger partial charge < -0.3 is 36.4 Å². The van der Waals surface area contributed by atoms with Crippen molar-refractivity contribution in [2.24, 2.45) is 11.5 Å². The first-order valence-corrected chi connectivity index (χ1v) is 9.42. The van der Waals surface area contributed by atoms with Gasteiger partial charge >= 0.3 is 15.2 Å². The van der Waals surface area contributed by atoms with E-state index in [1.165, 1.54) is 0 Å². The lowest BCUT2D eigenvalue weighted by Crippen LogP contribution is -2.27. The van der Waals surface area contributed by atoms with E-state index < -0.39 is 15.2 Å². The van der Waals surface area contributed by atoms with Crippen molar-refractivity contribution in [3.8, 4) is 0 Å². The van der Waals surface area contributed by atoms with Crippen LogP contribution in [0.4, 0.5) is 0 Å². The second kappa shape index (κ2) is 12.0. The van der Waals surface area contributed by atoms with Crippen molar-refractivity contribution in [3.63, 3.8) is 0 Å². The second-order valence-electron chi connectivity index (χ2n) is 3.81. The molecule has 19 heavy (non-hydrogen) atoms. The van der Waals surface area contributed by atoms with Crippen molar-refractivity contribution in [1.82, 2.24) is 5.32 Å². The monoisotopic (exact) mass is 321 g/mol. The van der Waals surface area contributed by atoms with Gasteiger partial charge in [0.05, 0.1) is 0 Å². The highest BCUT2D eigenvalue weighted by Crippen LogP contribution is 2.38. The molecule has 0 aromatic heterocycles. The summed E-state index contributed by atoms with van der Waals surface area (Å²) in [7, 11) is -8.00. The smallest absolute Gasteiger partial charge is 0.325 e. The Labute approximate surface area is 113 Å². The van der Waals surface area contributed by atoms with E-state index in [9.17, 15) is 9.13 Å². The van der Waals surface area contributed by atoms with Crippen molar-refractivity contribution < 1.29 is 28.7 Å². The summed E-state index contributed by atoms with van der Waals surface area (Å²) in [4.78, 5) is 33.5. The standard InChI is InChI=1S/C4H13N3.C4H12O6P2/c5-1-3-7-4-2-6;5-11(6,7)3-1-2-4-12(8,9)10/h7H,1-6H2;1-4H2,(H2,5,6,7)(H2,8,9,10). The molecule has 0 saturated heterocycles. The third-order valence-corrected chi connectivity index (χ3v) is 3.59. The van der Waals surface area contributed by atoms with E-state index in [4.69, 9.17) is 31.0 Å². The van der Waals surface area contributed by atoms with Crippen molar-refractivity contribution in [3.05, 3.63) is 0 Å². The summed E-state index contributed by atoms with van der Waals surface area (Å²) >= 11 is 0. The Kier molecular flexibility index (Phi) is 13.5. The lowest BCUT2D eigenvalue weighted by Gasteiger charge is -2.04. The zero-order valence-corrected chi connectivity index (χ0v) is 12.6. The van der Waals surface area contributed by atoms with Gasteiger partial charge in [-0.15, -0.1) is 0 Å². The van der Waals surface area contributed by atoms with Gasteiger partial charge in [0, 0.05) is 38.5 Å². The highest BCUT2D eigenvalue weighted by molar-refractivity contribution is 7.52. The van der Waals surface area contributed by atoms with Crippen LogP contribution in [0.15, 0.2) is 0 Å². The fourth-order valence-corrected chi connectivity index (χ4v) is 2.24. The highest BCUT2D eigenvalue weighted by atomic mass is 31.2. The van der Waals surface area contributed by atoms with Crippen molar-refractivity contribution >= 4 is 15.2 Å². The summed E-state index contributed by atoms with van der Waals surface area (Å²) in [6.07, 6.45) is -0.356. The Morgan fingerprint density at radius 1 is 0.789 bits per heavy atom. The molecule has 0 aliphatic heterocycles. The maximum absolute atomic E-state index is 10.3. The number of unbranched alkanes of at least 4 members (excludes halogenated alkanes) is 1. The molecule has 0 spiro atoms. The topological polar surface area (TPSA) is 179 Å². The summed E-state index contributed by atoms with van der Waals surface area (Å²) in [6.45, 7) is 3.13. The third kappa shape index (κ3) is 27.4. The van der Waals surface area contributed by atoms with Gasteiger partial charge in [0.15, 0.2) is 0 Å². The van der Waals surface area contributed by atoms with Crippen LogP contribution in [0, 0.1) is 0 Å². The fraction of sp³-hybridized carbons (Fsp3) is 1.00. The van der Waals surface area contributed by atoms with Gasteiger partial charge in [-0.05, 0) is 12.8 Å². The van der Waals surface area contributed by atoms with Gasteiger partial charge in [-0.25, -0.2) is 0 Å². The van der Waals surface area contributed by atoms with E-state index in [2.05, 4.69) is 5.32 Å². The van der Waals surface area contributed by atoms with Gasteiger partial charge in [0.2, 0.25) is 0 Å². The Morgan fingerprint density at radius 2 is 1.11 bits per heavy atom.